The summed E-state index contributed by atoms with van der Waals surface area (Å²) < 4.78 is 50.3. The molecule has 1 heterocycles. The summed E-state index contributed by atoms with van der Waals surface area (Å²) in [5.41, 5.74) is -1.11. The van der Waals surface area contributed by atoms with Gasteiger partial charge in [0.25, 0.3) is 5.56 Å². The van der Waals surface area contributed by atoms with Crippen LogP contribution in [0.2, 0.25) is 0 Å². The summed E-state index contributed by atoms with van der Waals surface area (Å²) in [6.45, 7) is 3.26. The van der Waals surface area contributed by atoms with Gasteiger partial charge in [-0.15, -0.1) is 0 Å². The molecule has 1 aromatic heterocycles. The van der Waals surface area contributed by atoms with E-state index >= 15 is 0 Å². The molecule has 0 aliphatic heterocycles. The topological polar surface area (TPSA) is 73.6 Å². The van der Waals surface area contributed by atoms with Crippen LogP contribution in [0, 0.1) is 0 Å². The Hall–Kier alpha value is -3.33. The van der Waals surface area contributed by atoms with E-state index in [-0.39, 0.29) is 12.3 Å². The molecule has 0 fully saturated rings. The normalized spacial score (nSPS) is 12.0. The van der Waals surface area contributed by atoms with Crippen molar-refractivity contribution < 1.29 is 27.8 Å². The SMILES string of the molecule is COc1cc(-n2cnc(-c3ccc(C(F)(F)F)cc3)cc2=O)ccc1OCC(C)(C)O. The number of hydrogen-bond acceptors (Lipinski definition) is 5. The minimum absolute atomic E-state index is 0.0477. The first-order valence-corrected chi connectivity index (χ1v) is 9.28. The van der Waals surface area contributed by atoms with Crippen molar-refractivity contribution >= 4 is 0 Å². The van der Waals surface area contributed by atoms with Gasteiger partial charge in [0.2, 0.25) is 0 Å². The summed E-state index contributed by atoms with van der Waals surface area (Å²) in [5, 5.41) is 9.81. The van der Waals surface area contributed by atoms with Gasteiger partial charge in [0.15, 0.2) is 11.5 Å². The lowest BCUT2D eigenvalue weighted by Gasteiger charge is -2.19. The number of halogens is 3. The number of ether oxygens (including phenoxy) is 2. The summed E-state index contributed by atoms with van der Waals surface area (Å²) in [6, 6.07) is 10.5. The molecule has 0 aliphatic carbocycles. The van der Waals surface area contributed by atoms with E-state index in [0.29, 0.717) is 22.7 Å². The summed E-state index contributed by atoms with van der Waals surface area (Å²) in [5.74, 6) is 0.760. The van der Waals surface area contributed by atoms with Crippen LogP contribution in [0.25, 0.3) is 16.9 Å². The van der Waals surface area contributed by atoms with E-state index in [2.05, 4.69) is 4.98 Å². The highest BCUT2D eigenvalue weighted by atomic mass is 19.4. The molecule has 31 heavy (non-hydrogen) atoms. The van der Waals surface area contributed by atoms with Gasteiger partial charge in [-0.3, -0.25) is 9.36 Å². The van der Waals surface area contributed by atoms with E-state index in [1.165, 1.54) is 36.2 Å². The molecule has 9 heteroatoms. The molecule has 3 aromatic rings. The maximum Gasteiger partial charge on any atom is 0.416 e. The van der Waals surface area contributed by atoms with E-state index in [9.17, 15) is 23.1 Å². The average Bonchev–Trinajstić information content (AvgIpc) is 2.71. The van der Waals surface area contributed by atoms with E-state index in [0.717, 1.165) is 12.1 Å². The summed E-state index contributed by atoms with van der Waals surface area (Å²) in [7, 11) is 1.45. The number of methoxy groups -OCH3 is 1. The fourth-order valence-corrected chi connectivity index (χ4v) is 2.76. The first-order valence-electron chi connectivity index (χ1n) is 9.28. The Morgan fingerprint density at radius 2 is 1.71 bits per heavy atom. The second-order valence-corrected chi connectivity index (χ2v) is 7.49. The van der Waals surface area contributed by atoms with Crippen LogP contribution >= 0.6 is 0 Å². The number of aromatic nitrogens is 2. The van der Waals surface area contributed by atoms with Crippen LogP contribution in [0.15, 0.2) is 59.7 Å². The van der Waals surface area contributed by atoms with Crippen LogP contribution in [0.3, 0.4) is 0 Å². The number of aliphatic hydroxyl groups is 1. The molecule has 2 aromatic carbocycles. The van der Waals surface area contributed by atoms with Gasteiger partial charge in [-0.1, -0.05) is 12.1 Å². The van der Waals surface area contributed by atoms with Crippen LogP contribution in [-0.4, -0.2) is 34.0 Å². The third-order valence-electron chi connectivity index (χ3n) is 4.32. The lowest BCUT2D eigenvalue weighted by atomic mass is 10.1. The zero-order valence-corrected chi connectivity index (χ0v) is 17.1. The van der Waals surface area contributed by atoms with Gasteiger partial charge in [-0.25, -0.2) is 4.98 Å². The minimum Gasteiger partial charge on any atom is -0.493 e. The quantitative estimate of drug-likeness (QED) is 0.633. The van der Waals surface area contributed by atoms with E-state index < -0.39 is 22.9 Å². The van der Waals surface area contributed by atoms with Gasteiger partial charge < -0.3 is 14.6 Å². The maximum atomic E-state index is 12.7. The molecule has 0 aliphatic rings. The predicted molar refractivity (Wildman–Crippen MR) is 109 cm³/mol. The third kappa shape index (κ3) is 5.43. The van der Waals surface area contributed by atoms with Crippen molar-refractivity contribution in [2.24, 2.45) is 0 Å². The van der Waals surface area contributed by atoms with Gasteiger partial charge in [-0.05, 0) is 38.1 Å². The van der Waals surface area contributed by atoms with Gasteiger partial charge in [-0.2, -0.15) is 13.2 Å². The second kappa shape index (κ2) is 8.43. The van der Waals surface area contributed by atoms with Gasteiger partial charge in [0, 0.05) is 17.7 Å². The predicted octanol–water partition coefficient (Wildman–Crippen LogP) is 4.08. The Balaban J connectivity index is 1.88. The Morgan fingerprint density at radius 1 is 1.03 bits per heavy atom. The largest absolute Gasteiger partial charge is 0.493 e. The number of nitrogens with zero attached hydrogens (tertiary/aromatic N) is 2. The molecule has 1 N–H and O–H groups in total. The molecular weight excluding hydrogens is 413 g/mol. The van der Waals surface area contributed by atoms with Crippen LogP contribution in [0.1, 0.15) is 19.4 Å². The van der Waals surface area contributed by atoms with Gasteiger partial charge in [0.05, 0.1) is 29.7 Å². The minimum atomic E-state index is -4.43. The molecule has 0 atom stereocenters. The van der Waals surface area contributed by atoms with Gasteiger partial charge >= 0.3 is 6.18 Å². The fraction of sp³-hybridized carbons (Fsp3) is 0.273. The van der Waals surface area contributed by atoms with Crippen molar-refractivity contribution in [1.29, 1.82) is 0 Å². The Morgan fingerprint density at radius 3 is 2.26 bits per heavy atom. The highest BCUT2D eigenvalue weighted by Crippen LogP contribution is 2.31. The van der Waals surface area contributed by atoms with E-state index in [1.807, 2.05) is 0 Å². The summed E-state index contributed by atoms with van der Waals surface area (Å²) >= 11 is 0. The second-order valence-electron chi connectivity index (χ2n) is 7.49. The first-order chi connectivity index (χ1) is 14.5. The molecule has 0 saturated carbocycles. The molecule has 6 nitrogen and oxygen atoms in total. The highest BCUT2D eigenvalue weighted by molar-refractivity contribution is 5.59. The van der Waals surface area contributed by atoms with Crippen LogP contribution in [-0.2, 0) is 6.18 Å². The lowest BCUT2D eigenvalue weighted by Crippen LogP contribution is -2.28. The molecule has 3 rings (SSSR count). The Labute approximate surface area is 176 Å². The molecular formula is C22H21F3N2O4. The van der Waals surface area contributed by atoms with E-state index in [4.69, 9.17) is 9.47 Å². The monoisotopic (exact) mass is 434 g/mol. The highest BCUT2D eigenvalue weighted by Gasteiger charge is 2.30. The zero-order valence-electron chi connectivity index (χ0n) is 17.1. The van der Waals surface area contributed by atoms with Gasteiger partial charge in [0.1, 0.15) is 12.9 Å². The molecule has 0 unspecified atom stereocenters. The number of hydrogen-bond donors (Lipinski definition) is 1. The van der Waals surface area contributed by atoms with Crippen molar-refractivity contribution in [2.45, 2.75) is 25.6 Å². The smallest absolute Gasteiger partial charge is 0.416 e. The molecule has 164 valence electrons. The fourth-order valence-electron chi connectivity index (χ4n) is 2.76. The maximum absolute atomic E-state index is 12.7. The van der Waals surface area contributed by atoms with Crippen molar-refractivity contribution in [2.75, 3.05) is 13.7 Å². The lowest BCUT2D eigenvalue weighted by molar-refractivity contribution is -0.137. The summed E-state index contributed by atoms with van der Waals surface area (Å²) in [4.78, 5) is 16.8. The number of alkyl halides is 3. The van der Waals surface area contributed by atoms with Crippen molar-refractivity contribution in [3.8, 4) is 28.4 Å². The van der Waals surface area contributed by atoms with Crippen molar-refractivity contribution in [3.05, 3.63) is 70.8 Å². The first kappa shape index (κ1) is 22.4. The summed E-state index contributed by atoms with van der Waals surface area (Å²) in [6.07, 6.45) is -3.14. The number of benzene rings is 2. The van der Waals surface area contributed by atoms with Crippen LogP contribution in [0.4, 0.5) is 13.2 Å². The van der Waals surface area contributed by atoms with E-state index in [1.54, 1.807) is 32.0 Å². The molecule has 0 bridgehead atoms. The van der Waals surface area contributed by atoms with Crippen LogP contribution < -0.4 is 15.0 Å². The number of rotatable bonds is 6. The van der Waals surface area contributed by atoms with Crippen LogP contribution in [0.5, 0.6) is 11.5 Å². The molecule has 0 radical (unpaired) electrons. The molecule has 0 saturated heterocycles. The molecule has 0 spiro atoms. The Kier molecular flexibility index (Phi) is 6.08. The average molecular weight is 434 g/mol. The Bertz CT molecular complexity index is 1120. The van der Waals surface area contributed by atoms with Crippen molar-refractivity contribution in [1.82, 2.24) is 9.55 Å². The third-order valence-corrected chi connectivity index (χ3v) is 4.32. The zero-order chi connectivity index (χ0) is 22.8. The molecule has 0 amide bonds. The van der Waals surface area contributed by atoms with Crippen molar-refractivity contribution in [3.63, 3.8) is 0 Å². The standard InChI is InChI=1S/C22H21F3N2O4/c1-21(2,29)12-31-18-9-8-16(10-19(18)30-3)27-13-26-17(11-20(27)28)14-4-6-15(7-5-14)22(23,24)25/h4-11,13,29H,12H2,1-3H3.